The Labute approximate surface area is 174 Å². The molecule has 4 aliphatic rings. The first-order chi connectivity index (χ1) is 13.6. The lowest BCUT2D eigenvalue weighted by Gasteiger charge is -2.47. The maximum atomic E-state index is 6.50. The van der Waals surface area contributed by atoms with Gasteiger partial charge in [0, 0.05) is 25.7 Å². The number of nitrogens with zero attached hydrogens (tertiary/aromatic N) is 3. The van der Waals surface area contributed by atoms with Gasteiger partial charge in [0.25, 0.3) is 0 Å². The molecule has 0 aromatic carbocycles. The minimum absolute atomic E-state index is 0.534. The Morgan fingerprint density at radius 1 is 0.786 bits per heavy atom. The molecule has 4 nitrogen and oxygen atoms in total. The van der Waals surface area contributed by atoms with Crippen molar-refractivity contribution >= 4 is 0 Å². The minimum Gasteiger partial charge on any atom is -0.375 e. The van der Waals surface area contributed by atoms with Crippen LogP contribution in [-0.2, 0) is 4.74 Å². The fourth-order valence-corrected chi connectivity index (χ4v) is 6.01. The molecule has 0 amide bonds. The third-order valence-electron chi connectivity index (χ3n) is 8.38. The van der Waals surface area contributed by atoms with Crippen molar-refractivity contribution in [3.05, 3.63) is 0 Å². The fourth-order valence-electron chi connectivity index (χ4n) is 6.01. The lowest BCUT2D eigenvalue weighted by Crippen LogP contribution is -2.52. The van der Waals surface area contributed by atoms with E-state index in [-0.39, 0.29) is 0 Å². The standard InChI is InChI=1S/C24H45N3O/c1-19(2)21-6-14-27(15-7-21)22-16-24(17-22)28-23-8-12-26(13-9-23)18-20-4-10-25(3)11-5-20/h19-24H,4-18H2,1-3H3. The molecule has 1 aliphatic carbocycles. The summed E-state index contributed by atoms with van der Waals surface area (Å²) in [5.74, 6) is 2.76. The van der Waals surface area contributed by atoms with Gasteiger partial charge in [-0.25, -0.2) is 0 Å². The average Bonchev–Trinajstić information content (AvgIpc) is 2.67. The molecule has 0 atom stereocenters. The molecule has 0 aromatic rings. The summed E-state index contributed by atoms with van der Waals surface area (Å²) < 4.78 is 6.50. The maximum absolute atomic E-state index is 6.50. The summed E-state index contributed by atoms with van der Waals surface area (Å²) in [6, 6.07) is 0.822. The van der Waals surface area contributed by atoms with Crippen LogP contribution in [0.25, 0.3) is 0 Å². The Bertz CT molecular complexity index is 454. The number of ether oxygens (including phenoxy) is 1. The number of piperidine rings is 3. The predicted octanol–water partition coefficient (Wildman–Crippen LogP) is 3.71. The van der Waals surface area contributed by atoms with E-state index in [1.807, 2.05) is 0 Å². The third kappa shape index (κ3) is 5.50. The van der Waals surface area contributed by atoms with Gasteiger partial charge in [-0.3, -0.25) is 0 Å². The second-order valence-electron chi connectivity index (χ2n) is 10.7. The number of hydrogen-bond acceptors (Lipinski definition) is 4. The van der Waals surface area contributed by atoms with E-state index < -0.39 is 0 Å². The smallest absolute Gasteiger partial charge is 0.0608 e. The van der Waals surface area contributed by atoms with Crippen LogP contribution in [-0.4, -0.2) is 85.8 Å². The number of hydrogen-bond donors (Lipinski definition) is 0. The lowest BCUT2D eigenvalue weighted by atomic mass is 9.82. The largest absolute Gasteiger partial charge is 0.375 e. The molecule has 4 fully saturated rings. The van der Waals surface area contributed by atoms with E-state index >= 15 is 0 Å². The molecule has 3 heterocycles. The predicted molar refractivity (Wildman–Crippen MR) is 117 cm³/mol. The van der Waals surface area contributed by atoms with Crippen LogP contribution in [0, 0.1) is 17.8 Å². The molecule has 162 valence electrons. The first-order valence-corrected chi connectivity index (χ1v) is 12.4. The van der Waals surface area contributed by atoms with Crippen molar-refractivity contribution in [1.82, 2.24) is 14.7 Å². The van der Waals surface area contributed by atoms with Crippen molar-refractivity contribution in [3.63, 3.8) is 0 Å². The lowest BCUT2D eigenvalue weighted by molar-refractivity contribution is -0.108. The summed E-state index contributed by atoms with van der Waals surface area (Å²) in [7, 11) is 2.26. The zero-order valence-corrected chi connectivity index (χ0v) is 18.8. The van der Waals surface area contributed by atoms with Crippen molar-refractivity contribution < 1.29 is 4.74 Å². The van der Waals surface area contributed by atoms with Crippen LogP contribution in [0.2, 0.25) is 0 Å². The zero-order valence-electron chi connectivity index (χ0n) is 18.8. The van der Waals surface area contributed by atoms with Crippen LogP contribution < -0.4 is 0 Å². The highest BCUT2D eigenvalue weighted by atomic mass is 16.5. The number of rotatable bonds is 6. The van der Waals surface area contributed by atoms with Crippen molar-refractivity contribution in [2.45, 2.75) is 83.5 Å². The summed E-state index contributed by atoms with van der Waals surface area (Å²) in [6.07, 6.45) is 11.8. The number of likely N-dealkylation sites (tertiary alicyclic amines) is 3. The van der Waals surface area contributed by atoms with E-state index in [1.165, 1.54) is 97.2 Å². The van der Waals surface area contributed by atoms with Gasteiger partial charge in [0.15, 0.2) is 0 Å². The van der Waals surface area contributed by atoms with Gasteiger partial charge in [-0.2, -0.15) is 0 Å². The Morgan fingerprint density at radius 2 is 1.43 bits per heavy atom. The van der Waals surface area contributed by atoms with Gasteiger partial charge in [0.05, 0.1) is 12.2 Å². The maximum Gasteiger partial charge on any atom is 0.0608 e. The van der Waals surface area contributed by atoms with E-state index in [0.717, 1.165) is 23.8 Å². The topological polar surface area (TPSA) is 19.0 Å². The second kappa shape index (κ2) is 9.76. The molecule has 0 aromatic heterocycles. The van der Waals surface area contributed by atoms with Crippen LogP contribution in [0.15, 0.2) is 0 Å². The summed E-state index contributed by atoms with van der Waals surface area (Å²) >= 11 is 0. The molecule has 3 saturated heterocycles. The molecule has 0 spiro atoms. The molecule has 3 aliphatic heterocycles. The zero-order chi connectivity index (χ0) is 19.5. The van der Waals surface area contributed by atoms with Crippen molar-refractivity contribution in [2.24, 2.45) is 17.8 Å². The molecule has 28 heavy (non-hydrogen) atoms. The van der Waals surface area contributed by atoms with E-state index in [9.17, 15) is 0 Å². The van der Waals surface area contributed by atoms with Gasteiger partial charge in [-0.1, -0.05) is 13.8 Å². The highest BCUT2D eigenvalue weighted by molar-refractivity contribution is 4.91. The monoisotopic (exact) mass is 391 g/mol. The van der Waals surface area contributed by atoms with Gasteiger partial charge in [-0.15, -0.1) is 0 Å². The highest BCUT2D eigenvalue weighted by Gasteiger charge is 2.38. The van der Waals surface area contributed by atoms with E-state index in [1.54, 1.807) is 0 Å². The average molecular weight is 392 g/mol. The molecule has 0 unspecified atom stereocenters. The molecule has 0 radical (unpaired) electrons. The molecule has 4 rings (SSSR count). The molecule has 0 N–H and O–H groups in total. The van der Waals surface area contributed by atoms with Crippen LogP contribution in [0.5, 0.6) is 0 Å². The van der Waals surface area contributed by atoms with Gasteiger partial charge in [-0.05, 0) is 102 Å². The molecule has 1 saturated carbocycles. The molecule has 4 heteroatoms. The third-order valence-corrected chi connectivity index (χ3v) is 8.38. The summed E-state index contributed by atoms with van der Waals surface area (Å²) in [4.78, 5) is 7.97. The highest BCUT2D eigenvalue weighted by Crippen LogP contribution is 2.34. The van der Waals surface area contributed by atoms with E-state index in [0.29, 0.717) is 12.2 Å². The Balaban J connectivity index is 1.08. The van der Waals surface area contributed by atoms with Gasteiger partial charge in [0.2, 0.25) is 0 Å². The van der Waals surface area contributed by atoms with Crippen LogP contribution >= 0.6 is 0 Å². The van der Waals surface area contributed by atoms with Crippen molar-refractivity contribution in [2.75, 3.05) is 52.9 Å². The SMILES string of the molecule is CC(C)C1CCN(C2CC(OC3CCN(CC4CCN(C)CC4)CC3)C2)CC1. The summed E-state index contributed by atoms with van der Waals surface area (Å²) in [5, 5.41) is 0. The second-order valence-corrected chi connectivity index (χ2v) is 10.7. The quantitative estimate of drug-likeness (QED) is 0.687. The van der Waals surface area contributed by atoms with Gasteiger partial charge >= 0.3 is 0 Å². The minimum atomic E-state index is 0.534. The van der Waals surface area contributed by atoms with Gasteiger partial charge in [0.1, 0.15) is 0 Å². The van der Waals surface area contributed by atoms with E-state index in [4.69, 9.17) is 4.74 Å². The Hall–Kier alpha value is -0.160. The molecular formula is C24H45N3O. The van der Waals surface area contributed by atoms with Gasteiger partial charge < -0.3 is 19.4 Å². The van der Waals surface area contributed by atoms with Crippen LogP contribution in [0.4, 0.5) is 0 Å². The summed E-state index contributed by atoms with van der Waals surface area (Å²) in [5.41, 5.74) is 0. The Morgan fingerprint density at radius 3 is 2.04 bits per heavy atom. The van der Waals surface area contributed by atoms with E-state index in [2.05, 4.69) is 35.6 Å². The van der Waals surface area contributed by atoms with Crippen LogP contribution in [0.3, 0.4) is 0 Å². The normalized spacial score (nSPS) is 33.4. The molecular weight excluding hydrogens is 346 g/mol. The molecule has 0 bridgehead atoms. The fraction of sp³-hybridized carbons (Fsp3) is 1.00. The van der Waals surface area contributed by atoms with Crippen molar-refractivity contribution in [1.29, 1.82) is 0 Å². The summed E-state index contributed by atoms with van der Waals surface area (Å²) in [6.45, 7) is 13.9. The van der Waals surface area contributed by atoms with Crippen LogP contribution in [0.1, 0.15) is 65.2 Å². The Kier molecular flexibility index (Phi) is 7.35. The van der Waals surface area contributed by atoms with Crippen molar-refractivity contribution in [3.8, 4) is 0 Å². The first kappa shape index (κ1) is 21.1. The first-order valence-electron chi connectivity index (χ1n) is 12.4.